The Morgan fingerprint density at radius 3 is 2.39 bits per heavy atom. The number of hydrogen-bond acceptors (Lipinski definition) is 3. The summed E-state index contributed by atoms with van der Waals surface area (Å²) in [6, 6.07) is 1.42. The topological polar surface area (TPSA) is 18.5 Å². The second-order valence-corrected chi connectivity index (χ2v) is 6.74. The van der Waals surface area contributed by atoms with Crippen LogP contribution in [-0.4, -0.2) is 61.7 Å². The summed E-state index contributed by atoms with van der Waals surface area (Å²) >= 11 is 0. The van der Waals surface area contributed by atoms with Gasteiger partial charge in [0.1, 0.15) is 0 Å². The molecule has 1 heterocycles. The fraction of sp³-hybridized carbons (Fsp3) is 1.00. The van der Waals surface area contributed by atoms with E-state index in [2.05, 4.69) is 42.9 Å². The summed E-state index contributed by atoms with van der Waals surface area (Å²) < 4.78 is 0. The molecule has 0 aromatic carbocycles. The van der Waals surface area contributed by atoms with Crippen LogP contribution in [0.15, 0.2) is 0 Å². The van der Waals surface area contributed by atoms with Crippen LogP contribution in [0.25, 0.3) is 0 Å². The van der Waals surface area contributed by atoms with Crippen LogP contribution in [0.5, 0.6) is 0 Å². The first-order valence-electron chi connectivity index (χ1n) is 7.72. The predicted molar refractivity (Wildman–Crippen MR) is 78.0 cm³/mol. The van der Waals surface area contributed by atoms with E-state index in [-0.39, 0.29) is 0 Å². The molecule has 1 saturated heterocycles. The van der Waals surface area contributed by atoms with Gasteiger partial charge in [0, 0.05) is 38.3 Å². The van der Waals surface area contributed by atoms with E-state index < -0.39 is 0 Å². The van der Waals surface area contributed by atoms with Crippen LogP contribution in [0.2, 0.25) is 0 Å². The lowest BCUT2D eigenvalue weighted by molar-refractivity contribution is 0.0782. The lowest BCUT2D eigenvalue weighted by Crippen LogP contribution is -2.56. The molecular weight excluding hydrogens is 222 g/mol. The van der Waals surface area contributed by atoms with E-state index in [4.69, 9.17) is 0 Å². The highest BCUT2D eigenvalue weighted by Crippen LogP contribution is 2.39. The smallest absolute Gasteiger partial charge is 0.0271 e. The van der Waals surface area contributed by atoms with Crippen molar-refractivity contribution in [3.05, 3.63) is 0 Å². The molecule has 0 aromatic heterocycles. The van der Waals surface area contributed by atoms with Gasteiger partial charge in [0.2, 0.25) is 0 Å². The second-order valence-electron chi connectivity index (χ2n) is 6.74. The molecule has 18 heavy (non-hydrogen) atoms. The number of nitrogens with zero attached hydrogens (tertiary/aromatic N) is 2. The first-order chi connectivity index (χ1) is 8.58. The molecule has 0 bridgehead atoms. The number of piperazine rings is 1. The van der Waals surface area contributed by atoms with Crippen LogP contribution < -0.4 is 5.32 Å². The van der Waals surface area contributed by atoms with Gasteiger partial charge in [-0.1, -0.05) is 20.8 Å². The third kappa shape index (κ3) is 2.89. The Hall–Kier alpha value is -0.120. The van der Waals surface area contributed by atoms with Crippen LogP contribution in [0, 0.1) is 5.41 Å². The number of hydrogen-bond donors (Lipinski definition) is 1. The molecule has 2 atom stereocenters. The van der Waals surface area contributed by atoms with Crippen molar-refractivity contribution in [2.75, 3.05) is 39.8 Å². The summed E-state index contributed by atoms with van der Waals surface area (Å²) in [6.07, 6.45) is 4.01. The Bertz CT molecular complexity index is 256. The minimum Gasteiger partial charge on any atom is -0.315 e. The Morgan fingerprint density at radius 2 is 1.83 bits per heavy atom. The molecule has 1 saturated carbocycles. The molecule has 2 fully saturated rings. The highest BCUT2D eigenvalue weighted by Gasteiger charge is 2.43. The standard InChI is InChI=1S/C15H31N3/c1-5-8-17-9-11-18(12-10-17)13-6-7-15(2,3)14(13)16-4/h13-14,16H,5-12H2,1-4H3. The van der Waals surface area contributed by atoms with E-state index in [1.54, 1.807) is 0 Å². The van der Waals surface area contributed by atoms with Gasteiger partial charge in [-0.3, -0.25) is 4.90 Å². The molecule has 1 aliphatic heterocycles. The van der Waals surface area contributed by atoms with E-state index in [0.29, 0.717) is 11.5 Å². The van der Waals surface area contributed by atoms with Crippen molar-refractivity contribution in [1.82, 2.24) is 15.1 Å². The molecule has 0 aromatic rings. The van der Waals surface area contributed by atoms with Crippen LogP contribution in [-0.2, 0) is 0 Å². The SMILES string of the molecule is CCCN1CCN(C2CCC(C)(C)C2NC)CC1. The minimum atomic E-state index is 0.458. The molecule has 1 aliphatic carbocycles. The van der Waals surface area contributed by atoms with Crippen molar-refractivity contribution in [3.8, 4) is 0 Å². The lowest BCUT2D eigenvalue weighted by atomic mass is 9.86. The number of nitrogens with one attached hydrogen (secondary N) is 1. The van der Waals surface area contributed by atoms with Gasteiger partial charge in [0.15, 0.2) is 0 Å². The molecule has 3 heteroatoms. The summed E-state index contributed by atoms with van der Waals surface area (Å²) in [7, 11) is 2.14. The van der Waals surface area contributed by atoms with Gasteiger partial charge in [-0.2, -0.15) is 0 Å². The second kappa shape index (κ2) is 5.89. The first-order valence-corrected chi connectivity index (χ1v) is 7.72. The van der Waals surface area contributed by atoms with Crippen molar-refractivity contribution in [1.29, 1.82) is 0 Å². The molecule has 106 valence electrons. The molecule has 0 amide bonds. The normalized spacial score (nSPS) is 34.0. The molecule has 0 radical (unpaired) electrons. The lowest BCUT2D eigenvalue weighted by Gasteiger charge is -2.42. The van der Waals surface area contributed by atoms with E-state index in [1.165, 1.54) is 52.0 Å². The summed E-state index contributed by atoms with van der Waals surface area (Å²) in [6.45, 7) is 13.5. The molecule has 2 unspecified atom stereocenters. The summed E-state index contributed by atoms with van der Waals surface area (Å²) in [5, 5.41) is 3.58. The van der Waals surface area contributed by atoms with Crippen LogP contribution in [0.3, 0.4) is 0 Å². The van der Waals surface area contributed by atoms with Gasteiger partial charge >= 0.3 is 0 Å². The first kappa shape index (κ1) is 14.3. The van der Waals surface area contributed by atoms with E-state index >= 15 is 0 Å². The van der Waals surface area contributed by atoms with E-state index in [0.717, 1.165) is 6.04 Å². The van der Waals surface area contributed by atoms with Gasteiger partial charge in [-0.15, -0.1) is 0 Å². The molecule has 1 N–H and O–H groups in total. The fourth-order valence-electron chi connectivity index (χ4n) is 3.97. The molecule has 3 nitrogen and oxygen atoms in total. The average Bonchev–Trinajstić information content (AvgIpc) is 2.65. The van der Waals surface area contributed by atoms with Crippen LogP contribution in [0.1, 0.15) is 40.0 Å². The van der Waals surface area contributed by atoms with Gasteiger partial charge in [0.05, 0.1) is 0 Å². The quantitative estimate of drug-likeness (QED) is 0.824. The Kier molecular flexibility index (Phi) is 4.68. The zero-order chi connectivity index (χ0) is 13.2. The van der Waals surface area contributed by atoms with E-state index in [9.17, 15) is 0 Å². The monoisotopic (exact) mass is 253 g/mol. The highest BCUT2D eigenvalue weighted by molar-refractivity contribution is 5.01. The summed E-state index contributed by atoms with van der Waals surface area (Å²) in [5.74, 6) is 0. The maximum Gasteiger partial charge on any atom is 0.0271 e. The van der Waals surface area contributed by atoms with Crippen molar-refractivity contribution in [2.24, 2.45) is 5.41 Å². The number of rotatable bonds is 4. The van der Waals surface area contributed by atoms with Gasteiger partial charge < -0.3 is 10.2 Å². The molecule has 0 spiro atoms. The van der Waals surface area contributed by atoms with Crippen LogP contribution >= 0.6 is 0 Å². The Morgan fingerprint density at radius 1 is 1.17 bits per heavy atom. The summed E-state index contributed by atoms with van der Waals surface area (Å²) in [5.41, 5.74) is 0.458. The van der Waals surface area contributed by atoms with Crippen LogP contribution in [0.4, 0.5) is 0 Å². The molecule has 2 rings (SSSR count). The third-order valence-corrected chi connectivity index (χ3v) is 5.04. The largest absolute Gasteiger partial charge is 0.315 e. The molecule has 2 aliphatic rings. The minimum absolute atomic E-state index is 0.458. The fourth-order valence-corrected chi connectivity index (χ4v) is 3.97. The van der Waals surface area contributed by atoms with E-state index in [1.807, 2.05) is 0 Å². The summed E-state index contributed by atoms with van der Waals surface area (Å²) in [4.78, 5) is 5.35. The van der Waals surface area contributed by atoms with Crippen molar-refractivity contribution < 1.29 is 0 Å². The van der Waals surface area contributed by atoms with Crippen molar-refractivity contribution in [2.45, 2.75) is 52.1 Å². The predicted octanol–water partition coefficient (Wildman–Crippen LogP) is 1.79. The number of likely N-dealkylation sites (N-methyl/N-ethyl adjacent to an activating group) is 1. The zero-order valence-electron chi connectivity index (χ0n) is 12.7. The van der Waals surface area contributed by atoms with Crippen molar-refractivity contribution >= 4 is 0 Å². The van der Waals surface area contributed by atoms with Gasteiger partial charge in [-0.05, 0) is 38.3 Å². The molecular formula is C15H31N3. The van der Waals surface area contributed by atoms with Gasteiger partial charge in [0.25, 0.3) is 0 Å². The van der Waals surface area contributed by atoms with Crippen molar-refractivity contribution in [3.63, 3.8) is 0 Å². The average molecular weight is 253 g/mol. The maximum atomic E-state index is 3.58. The highest BCUT2D eigenvalue weighted by atomic mass is 15.3. The Labute approximate surface area is 113 Å². The maximum absolute atomic E-state index is 3.58. The third-order valence-electron chi connectivity index (χ3n) is 5.04. The Balaban J connectivity index is 1.90. The zero-order valence-corrected chi connectivity index (χ0v) is 12.7. The van der Waals surface area contributed by atoms with Gasteiger partial charge in [-0.25, -0.2) is 0 Å².